The summed E-state index contributed by atoms with van der Waals surface area (Å²) in [5.74, 6) is 0.635. The zero-order valence-corrected chi connectivity index (χ0v) is 10.2. The first-order valence-electron chi connectivity index (χ1n) is 4.46. The van der Waals surface area contributed by atoms with Gasteiger partial charge in [-0.25, -0.2) is 4.79 Å². The van der Waals surface area contributed by atoms with Crippen LogP contribution in [0.15, 0.2) is 15.8 Å². The van der Waals surface area contributed by atoms with E-state index in [9.17, 15) is 9.59 Å². The van der Waals surface area contributed by atoms with Crippen LogP contribution in [0.1, 0.15) is 13.8 Å². The molecular formula is C9H13ClN2O2S. The molecule has 0 atom stereocenters. The first kappa shape index (κ1) is 12.4. The van der Waals surface area contributed by atoms with Gasteiger partial charge in [0, 0.05) is 12.7 Å². The summed E-state index contributed by atoms with van der Waals surface area (Å²) in [6.07, 6.45) is 1.36. The van der Waals surface area contributed by atoms with Gasteiger partial charge in [0.05, 0.1) is 0 Å². The van der Waals surface area contributed by atoms with Crippen molar-refractivity contribution in [2.45, 2.75) is 20.4 Å². The lowest BCUT2D eigenvalue weighted by Gasteiger charge is -2.22. The Hall–Kier alpha value is -0.680. The van der Waals surface area contributed by atoms with Crippen LogP contribution in [0.2, 0.25) is 5.02 Å². The number of nitrogens with one attached hydrogen (secondary N) is 1. The van der Waals surface area contributed by atoms with Gasteiger partial charge in [0.25, 0.3) is 5.56 Å². The largest absolute Gasteiger partial charge is 0.328 e. The molecule has 84 valence electrons. The van der Waals surface area contributed by atoms with Crippen molar-refractivity contribution in [3.63, 3.8) is 0 Å². The number of hydrogen-bond donors (Lipinski definition) is 2. The van der Waals surface area contributed by atoms with Crippen LogP contribution in [0.4, 0.5) is 0 Å². The molecule has 1 aromatic rings. The van der Waals surface area contributed by atoms with Crippen molar-refractivity contribution in [2.24, 2.45) is 5.41 Å². The molecule has 0 aromatic carbocycles. The maximum atomic E-state index is 11.4. The molecule has 6 heteroatoms. The van der Waals surface area contributed by atoms with E-state index in [4.69, 9.17) is 11.6 Å². The van der Waals surface area contributed by atoms with Gasteiger partial charge in [-0.3, -0.25) is 14.3 Å². The van der Waals surface area contributed by atoms with Crippen LogP contribution in [-0.4, -0.2) is 15.3 Å². The fourth-order valence-corrected chi connectivity index (χ4v) is 1.38. The van der Waals surface area contributed by atoms with Crippen LogP contribution in [0.3, 0.4) is 0 Å². The molecule has 1 rings (SSSR count). The Balaban J connectivity index is 3.12. The minimum atomic E-state index is -0.554. The normalized spacial score (nSPS) is 11.7. The zero-order valence-electron chi connectivity index (χ0n) is 8.58. The second-order valence-electron chi connectivity index (χ2n) is 4.19. The first-order valence-corrected chi connectivity index (χ1v) is 5.47. The summed E-state index contributed by atoms with van der Waals surface area (Å²) in [5.41, 5.74) is -1.13. The standard InChI is InChI=1S/C9H13ClN2O2S/c1-9(2,5-15)4-12-3-6(10)7(13)11-8(12)14/h3,15H,4-5H2,1-2H3,(H,11,13,14). The Kier molecular flexibility index (Phi) is 3.67. The maximum absolute atomic E-state index is 11.4. The summed E-state index contributed by atoms with van der Waals surface area (Å²) in [6.45, 7) is 4.42. The second kappa shape index (κ2) is 4.45. The summed E-state index contributed by atoms with van der Waals surface area (Å²) < 4.78 is 1.39. The Morgan fingerprint density at radius 2 is 2.13 bits per heavy atom. The highest BCUT2D eigenvalue weighted by molar-refractivity contribution is 7.80. The number of rotatable bonds is 3. The number of nitrogens with zero attached hydrogens (tertiary/aromatic N) is 1. The van der Waals surface area contributed by atoms with E-state index in [1.807, 2.05) is 13.8 Å². The minimum Gasteiger partial charge on any atom is -0.299 e. The number of halogens is 1. The quantitative estimate of drug-likeness (QED) is 0.789. The molecule has 0 saturated carbocycles. The molecule has 15 heavy (non-hydrogen) atoms. The van der Waals surface area contributed by atoms with Crippen LogP contribution in [-0.2, 0) is 6.54 Å². The van der Waals surface area contributed by atoms with Gasteiger partial charge in [0.2, 0.25) is 0 Å². The molecule has 0 aliphatic heterocycles. The smallest absolute Gasteiger partial charge is 0.299 e. The van der Waals surface area contributed by atoms with E-state index in [2.05, 4.69) is 17.6 Å². The highest BCUT2D eigenvalue weighted by Crippen LogP contribution is 2.18. The molecule has 0 aliphatic carbocycles. The van der Waals surface area contributed by atoms with Gasteiger partial charge in [-0.1, -0.05) is 25.4 Å². The van der Waals surface area contributed by atoms with Gasteiger partial charge in [-0.05, 0) is 11.2 Å². The van der Waals surface area contributed by atoms with Crippen LogP contribution >= 0.6 is 24.2 Å². The lowest BCUT2D eigenvalue weighted by atomic mass is 9.96. The lowest BCUT2D eigenvalue weighted by Crippen LogP contribution is -2.34. The molecule has 1 heterocycles. The average molecular weight is 249 g/mol. The summed E-state index contributed by atoms with van der Waals surface area (Å²) >= 11 is 9.83. The molecule has 0 unspecified atom stereocenters. The fourth-order valence-electron chi connectivity index (χ4n) is 1.11. The summed E-state index contributed by atoms with van der Waals surface area (Å²) in [7, 11) is 0. The number of H-pyrrole nitrogens is 1. The minimum absolute atomic E-state index is 0.0181. The van der Waals surface area contributed by atoms with Crippen molar-refractivity contribution in [1.29, 1.82) is 0 Å². The van der Waals surface area contributed by atoms with Gasteiger partial charge in [0.1, 0.15) is 5.02 Å². The molecule has 0 saturated heterocycles. The highest BCUT2D eigenvalue weighted by atomic mass is 35.5. The molecule has 0 spiro atoms. The Morgan fingerprint density at radius 3 is 2.67 bits per heavy atom. The van der Waals surface area contributed by atoms with E-state index in [0.717, 1.165) is 0 Å². The third-order valence-corrected chi connectivity index (χ3v) is 3.12. The van der Waals surface area contributed by atoms with Gasteiger partial charge in [0.15, 0.2) is 0 Å². The van der Waals surface area contributed by atoms with Crippen molar-refractivity contribution in [3.8, 4) is 0 Å². The Labute approximate surface area is 97.7 Å². The van der Waals surface area contributed by atoms with Crippen LogP contribution in [0, 0.1) is 5.41 Å². The maximum Gasteiger partial charge on any atom is 0.328 e. The fraction of sp³-hybridized carbons (Fsp3) is 0.556. The van der Waals surface area contributed by atoms with E-state index in [0.29, 0.717) is 12.3 Å². The van der Waals surface area contributed by atoms with Crippen molar-refractivity contribution < 1.29 is 0 Å². The molecular weight excluding hydrogens is 236 g/mol. The van der Waals surface area contributed by atoms with Gasteiger partial charge < -0.3 is 0 Å². The van der Waals surface area contributed by atoms with Crippen LogP contribution < -0.4 is 11.2 Å². The summed E-state index contributed by atoms with van der Waals surface area (Å²) in [5, 5.41) is 0.0181. The lowest BCUT2D eigenvalue weighted by molar-refractivity contribution is 0.344. The van der Waals surface area contributed by atoms with Gasteiger partial charge in [-0.15, -0.1) is 0 Å². The third kappa shape index (κ3) is 3.14. The van der Waals surface area contributed by atoms with Crippen molar-refractivity contribution in [3.05, 3.63) is 32.1 Å². The Bertz CT molecular complexity index is 464. The molecule has 1 aromatic heterocycles. The number of aromatic nitrogens is 2. The van der Waals surface area contributed by atoms with Crippen LogP contribution in [0.25, 0.3) is 0 Å². The SMILES string of the molecule is CC(C)(CS)Cn1cc(Cl)c(=O)[nH]c1=O. The number of hydrogen-bond acceptors (Lipinski definition) is 3. The number of aromatic amines is 1. The van der Waals surface area contributed by atoms with E-state index in [1.165, 1.54) is 10.8 Å². The number of thiol groups is 1. The van der Waals surface area contributed by atoms with Gasteiger partial charge >= 0.3 is 5.69 Å². The van der Waals surface area contributed by atoms with E-state index in [1.54, 1.807) is 0 Å². The van der Waals surface area contributed by atoms with Crippen molar-refractivity contribution in [2.75, 3.05) is 5.75 Å². The second-order valence-corrected chi connectivity index (χ2v) is 4.91. The van der Waals surface area contributed by atoms with E-state index in [-0.39, 0.29) is 10.4 Å². The van der Waals surface area contributed by atoms with E-state index < -0.39 is 11.2 Å². The average Bonchev–Trinajstić information content (AvgIpc) is 2.14. The van der Waals surface area contributed by atoms with E-state index >= 15 is 0 Å². The molecule has 0 fully saturated rings. The van der Waals surface area contributed by atoms with Crippen molar-refractivity contribution in [1.82, 2.24) is 9.55 Å². The monoisotopic (exact) mass is 248 g/mol. The zero-order chi connectivity index (χ0) is 11.6. The predicted molar refractivity (Wildman–Crippen MR) is 64.0 cm³/mol. The Morgan fingerprint density at radius 1 is 1.53 bits per heavy atom. The molecule has 4 nitrogen and oxygen atoms in total. The molecule has 0 radical (unpaired) electrons. The predicted octanol–water partition coefficient (Wildman–Crippen LogP) is 1.15. The van der Waals surface area contributed by atoms with Crippen molar-refractivity contribution >= 4 is 24.2 Å². The van der Waals surface area contributed by atoms with Gasteiger partial charge in [-0.2, -0.15) is 12.6 Å². The van der Waals surface area contributed by atoms with Crippen LogP contribution in [0.5, 0.6) is 0 Å². The highest BCUT2D eigenvalue weighted by Gasteiger charge is 2.17. The summed E-state index contributed by atoms with van der Waals surface area (Å²) in [4.78, 5) is 24.6. The molecule has 0 aliphatic rings. The molecule has 1 N–H and O–H groups in total. The topological polar surface area (TPSA) is 54.9 Å². The first-order chi connectivity index (χ1) is 6.85. The molecule has 0 amide bonds. The third-order valence-electron chi connectivity index (χ3n) is 1.99. The summed E-state index contributed by atoms with van der Waals surface area (Å²) in [6, 6.07) is 0. The molecule has 0 bridgehead atoms.